The highest BCUT2D eigenvalue weighted by atomic mass is 35.5. The van der Waals surface area contributed by atoms with Gasteiger partial charge in [0.2, 0.25) is 5.91 Å². The largest absolute Gasteiger partial charge is 0.495 e. The SMILES string of the molecule is COc1ccc(Cl)cc1NC(=O)CSc1ccc(NC(=O)c2ccc3ccccc3c2)cc1. The number of rotatable bonds is 7. The Morgan fingerprint density at radius 2 is 1.64 bits per heavy atom. The minimum absolute atomic E-state index is 0.170. The molecule has 0 bridgehead atoms. The highest BCUT2D eigenvalue weighted by Crippen LogP contribution is 2.28. The molecule has 0 heterocycles. The highest BCUT2D eigenvalue weighted by molar-refractivity contribution is 8.00. The third kappa shape index (κ3) is 5.86. The predicted octanol–water partition coefficient (Wildman–Crippen LogP) is 6.48. The molecule has 0 saturated heterocycles. The normalized spacial score (nSPS) is 10.6. The molecule has 0 aromatic heterocycles. The molecule has 0 aliphatic rings. The van der Waals surface area contributed by atoms with Crippen molar-refractivity contribution in [1.29, 1.82) is 0 Å². The van der Waals surface area contributed by atoms with Gasteiger partial charge in [-0.25, -0.2) is 0 Å². The van der Waals surface area contributed by atoms with E-state index in [0.717, 1.165) is 15.7 Å². The van der Waals surface area contributed by atoms with Crippen LogP contribution in [0.1, 0.15) is 10.4 Å². The van der Waals surface area contributed by atoms with Gasteiger partial charge in [0.05, 0.1) is 18.6 Å². The molecule has 0 fully saturated rings. The molecule has 0 unspecified atom stereocenters. The summed E-state index contributed by atoms with van der Waals surface area (Å²) in [4.78, 5) is 25.9. The summed E-state index contributed by atoms with van der Waals surface area (Å²) in [6, 6.07) is 26.0. The third-order valence-electron chi connectivity index (χ3n) is 4.93. The zero-order valence-corrected chi connectivity index (χ0v) is 19.4. The Morgan fingerprint density at radius 3 is 2.39 bits per heavy atom. The summed E-state index contributed by atoms with van der Waals surface area (Å²) in [5, 5.41) is 8.35. The second kappa shape index (κ2) is 10.4. The summed E-state index contributed by atoms with van der Waals surface area (Å²) in [5.74, 6) is 0.424. The van der Waals surface area contributed by atoms with Crippen LogP contribution in [-0.2, 0) is 4.79 Å². The summed E-state index contributed by atoms with van der Waals surface area (Å²) in [5.41, 5.74) is 1.81. The third-order valence-corrected chi connectivity index (χ3v) is 6.18. The van der Waals surface area contributed by atoms with Gasteiger partial charge in [0.1, 0.15) is 5.75 Å². The Labute approximate surface area is 201 Å². The van der Waals surface area contributed by atoms with Crippen LogP contribution in [0, 0.1) is 0 Å². The summed E-state index contributed by atoms with van der Waals surface area (Å²) in [7, 11) is 1.54. The molecular weight excluding hydrogens is 456 g/mol. The van der Waals surface area contributed by atoms with Gasteiger partial charge in [-0.1, -0.05) is 41.9 Å². The first-order chi connectivity index (χ1) is 16.0. The van der Waals surface area contributed by atoms with Crippen LogP contribution in [0.2, 0.25) is 5.02 Å². The van der Waals surface area contributed by atoms with E-state index in [4.69, 9.17) is 16.3 Å². The van der Waals surface area contributed by atoms with Crippen molar-refractivity contribution < 1.29 is 14.3 Å². The van der Waals surface area contributed by atoms with Gasteiger partial charge in [0, 0.05) is 21.2 Å². The number of amides is 2. The van der Waals surface area contributed by atoms with E-state index in [1.54, 1.807) is 18.2 Å². The molecule has 7 heteroatoms. The molecule has 4 rings (SSSR count). The van der Waals surface area contributed by atoms with Crippen LogP contribution in [0.3, 0.4) is 0 Å². The van der Waals surface area contributed by atoms with E-state index in [2.05, 4.69) is 10.6 Å². The van der Waals surface area contributed by atoms with Crippen molar-refractivity contribution in [2.24, 2.45) is 0 Å². The van der Waals surface area contributed by atoms with Crippen molar-refractivity contribution in [3.05, 3.63) is 95.5 Å². The minimum atomic E-state index is -0.172. The minimum Gasteiger partial charge on any atom is -0.495 e. The monoisotopic (exact) mass is 476 g/mol. The second-order valence-electron chi connectivity index (χ2n) is 7.22. The van der Waals surface area contributed by atoms with E-state index in [9.17, 15) is 9.59 Å². The number of fused-ring (bicyclic) bond motifs is 1. The number of carbonyl (C=O) groups is 2. The Hall–Kier alpha value is -3.48. The molecule has 0 spiro atoms. The van der Waals surface area contributed by atoms with Crippen molar-refractivity contribution in [1.82, 2.24) is 0 Å². The van der Waals surface area contributed by atoms with Crippen molar-refractivity contribution in [3.8, 4) is 5.75 Å². The number of thioether (sulfide) groups is 1. The highest BCUT2D eigenvalue weighted by Gasteiger charge is 2.10. The number of hydrogen-bond donors (Lipinski definition) is 2. The lowest BCUT2D eigenvalue weighted by Gasteiger charge is -2.11. The summed E-state index contributed by atoms with van der Waals surface area (Å²) in [6.45, 7) is 0. The zero-order valence-electron chi connectivity index (χ0n) is 17.8. The fraction of sp³-hybridized carbons (Fsp3) is 0.0769. The molecule has 33 heavy (non-hydrogen) atoms. The quantitative estimate of drug-likeness (QED) is 0.299. The molecule has 0 radical (unpaired) electrons. The fourth-order valence-electron chi connectivity index (χ4n) is 3.28. The maximum atomic E-state index is 12.6. The van der Waals surface area contributed by atoms with E-state index in [1.165, 1.54) is 18.9 Å². The number of methoxy groups -OCH3 is 1. The lowest BCUT2D eigenvalue weighted by atomic mass is 10.1. The topological polar surface area (TPSA) is 67.4 Å². The average molecular weight is 477 g/mol. The maximum absolute atomic E-state index is 12.6. The van der Waals surface area contributed by atoms with E-state index >= 15 is 0 Å². The van der Waals surface area contributed by atoms with Gasteiger partial charge in [0.25, 0.3) is 5.91 Å². The Balaban J connectivity index is 1.33. The van der Waals surface area contributed by atoms with Gasteiger partial charge < -0.3 is 15.4 Å². The van der Waals surface area contributed by atoms with Crippen molar-refractivity contribution >= 4 is 57.3 Å². The molecule has 2 N–H and O–H groups in total. The molecule has 4 aromatic rings. The van der Waals surface area contributed by atoms with E-state index in [0.29, 0.717) is 27.7 Å². The van der Waals surface area contributed by atoms with Crippen molar-refractivity contribution in [2.45, 2.75) is 4.90 Å². The van der Waals surface area contributed by atoms with Crippen LogP contribution in [0.5, 0.6) is 5.75 Å². The van der Waals surface area contributed by atoms with Gasteiger partial charge in [-0.05, 0) is 65.4 Å². The number of carbonyl (C=O) groups excluding carboxylic acids is 2. The number of halogens is 1. The van der Waals surface area contributed by atoms with Gasteiger partial charge in [0.15, 0.2) is 0 Å². The molecule has 0 atom stereocenters. The molecule has 4 aromatic carbocycles. The van der Waals surface area contributed by atoms with E-state index < -0.39 is 0 Å². The van der Waals surface area contributed by atoms with Gasteiger partial charge >= 0.3 is 0 Å². The first-order valence-corrected chi connectivity index (χ1v) is 11.5. The Kier molecular flexibility index (Phi) is 7.17. The van der Waals surface area contributed by atoms with Crippen LogP contribution in [-0.4, -0.2) is 24.7 Å². The molecule has 0 aliphatic heterocycles. The molecule has 0 saturated carbocycles. The lowest BCUT2D eigenvalue weighted by molar-refractivity contribution is -0.113. The fourth-order valence-corrected chi connectivity index (χ4v) is 4.15. The summed E-state index contributed by atoms with van der Waals surface area (Å²) < 4.78 is 5.25. The smallest absolute Gasteiger partial charge is 0.255 e. The molecule has 166 valence electrons. The number of benzene rings is 4. The zero-order chi connectivity index (χ0) is 23.2. The van der Waals surface area contributed by atoms with Gasteiger partial charge in [-0.15, -0.1) is 11.8 Å². The standard InChI is InChI=1S/C26H21ClN2O3S/c1-32-24-13-8-20(27)15-23(24)29-25(30)16-33-22-11-9-21(10-12-22)28-26(31)19-7-6-17-4-2-3-5-18(17)14-19/h2-15H,16H2,1H3,(H,28,31)(H,29,30). The van der Waals surface area contributed by atoms with Crippen LogP contribution in [0.4, 0.5) is 11.4 Å². The first kappa shape index (κ1) is 22.7. The summed E-state index contributed by atoms with van der Waals surface area (Å²) >= 11 is 7.40. The van der Waals surface area contributed by atoms with Crippen LogP contribution >= 0.6 is 23.4 Å². The Morgan fingerprint density at radius 1 is 0.879 bits per heavy atom. The Bertz CT molecular complexity index is 1310. The molecular formula is C26H21ClN2O3S. The summed E-state index contributed by atoms with van der Waals surface area (Å²) in [6.07, 6.45) is 0. The number of anilines is 2. The maximum Gasteiger partial charge on any atom is 0.255 e. The van der Waals surface area contributed by atoms with Gasteiger partial charge in [-0.3, -0.25) is 9.59 Å². The molecule has 5 nitrogen and oxygen atoms in total. The number of nitrogens with one attached hydrogen (secondary N) is 2. The lowest BCUT2D eigenvalue weighted by Crippen LogP contribution is -2.14. The first-order valence-electron chi connectivity index (χ1n) is 10.2. The van der Waals surface area contributed by atoms with E-state index in [1.807, 2.05) is 66.7 Å². The van der Waals surface area contributed by atoms with E-state index in [-0.39, 0.29) is 17.6 Å². The number of ether oxygens (including phenoxy) is 1. The van der Waals surface area contributed by atoms with Crippen LogP contribution in [0.15, 0.2) is 89.8 Å². The van der Waals surface area contributed by atoms with Crippen molar-refractivity contribution in [3.63, 3.8) is 0 Å². The molecule has 2 amide bonds. The average Bonchev–Trinajstić information content (AvgIpc) is 2.83. The van der Waals surface area contributed by atoms with Crippen molar-refractivity contribution in [2.75, 3.05) is 23.5 Å². The number of hydrogen-bond acceptors (Lipinski definition) is 4. The van der Waals surface area contributed by atoms with Crippen LogP contribution in [0.25, 0.3) is 10.8 Å². The predicted molar refractivity (Wildman–Crippen MR) is 136 cm³/mol. The van der Waals surface area contributed by atoms with Crippen LogP contribution < -0.4 is 15.4 Å². The second-order valence-corrected chi connectivity index (χ2v) is 8.71. The van der Waals surface area contributed by atoms with Gasteiger partial charge in [-0.2, -0.15) is 0 Å². The molecule has 0 aliphatic carbocycles.